The lowest BCUT2D eigenvalue weighted by Gasteiger charge is -2.11. The van der Waals surface area contributed by atoms with Gasteiger partial charge in [-0.2, -0.15) is 0 Å². The molecule has 0 spiro atoms. The van der Waals surface area contributed by atoms with Crippen LogP contribution in [0, 0.1) is 0 Å². The Bertz CT molecular complexity index is 701. The molecule has 0 saturated heterocycles. The molecule has 110 valence electrons. The minimum Gasteiger partial charge on any atom is -0.507 e. The Morgan fingerprint density at radius 1 is 1.43 bits per heavy atom. The van der Waals surface area contributed by atoms with Gasteiger partial charge in [-0.25, -0.2) is 9.78 Å². The lowest BCUT2D eigenvalue weighted by atomic mass is 10.2. The summed E-state index contributed by atoms with van der Waals surface area (Å²) < 4.78 is 0.498. The number of phenols is 1. The number of nitrogens with zero attached hydrogens (tertiary/aromatic N) is 1. The highest BCUT2D eigenvalue weighted by molar-refractivity contribution is 9.10. The van der Waals surface area contributed by atoms with Crippen molar-refractivity contribution in [2.24, 2.45) is 0 Å². The molecule has 1 aromatic carbocycles. The predicted molar refractivity (Wildman–Crippen MR) is 80.8 cm³/mol. The molecule has 0 saturated carbocycles. The van der Waals surface area contributed by atoms with Crippen molar-refractivity contribution in [3.63, 3.8) is 0 Å². The molecule has 0 radical (unpaired) electrons. The summed E-state index contributed by atoms with van der Waals surface area (Å²) in [5, 5.41) is 23.0. The van der Waals surface area contributed by atoms with Gasteiger partial charge in [0.2, 0.25) is 0 Å². The number of benzene rings is 1. The number of hydrogen-bond acceptors (Lipinski definition) is 5. The van der Waals surface area contributed by atoms with Crippen molar-refractivity contribution >= 4 is 39.1 Å². The standard InChI is InChI=1S/C13H11BrN2O4S/c1-6(12-16-9(5-21-12)13(19)20)15-11(18)7-2-3-8(14)10(17)4-7/h2-6,17H,1H3,(H,15,18)(H,19,20). The van der Waals surface area contributed by atoms with Crippen LogP contribution in [0.4, 0.5) is 0 Å². The van der Waals surface area contributed by atoms with E-state index in [1.165, 1.54) is 22.8 Å². The minimum absolute atomic E-state index is 0.0299. The number of aromatic hydroxyl groups is 1. The van der Waals surface area contributed by atoms with E-state index in [-0.39, 0.29) is 17.4 Å². The summed E-state index contributed by atoms with van der Waals surface area (Å²) in [4.78, 5) is 26.8. The highest BCUT2D eigenvalue weighted by Crippen LogP contribution is 2.25. The fourth-order valence-corrected chi connectivity index (χ4v) is 2.63. The molecular formula is C13H11BrN2O4S. The Labute approximate surface area is 132 Å². The number of carboxylic acids is 1. The van der Waals surface area contributed by atoms with Crippen LogP contribution >= 0.6 is 27.3 Å². The van der Waals surface area contributed by atoms with E-state index in [0.29, 0.717) is 15.0 Å². The Morgan fingerprint density at radius 2 is 2.14 bits per heavy atom. The molecule has 1 unspecified atom stereocenters. The van der Waals surface area contributed by atoms with Crippen LogP contribution in [0.25, 0.3) is 0 Å². The number of carbonyl (C=O) groups excluding carboxylic acids is 1. The molecule has 1 heterocycles. The minimum atomic E-state index is -1.10. The molecule has 21 heavy (non-hydrogen) atoms. The molecule has 0 aliphatic heterocycles. The smallest absolute Gasteiger partial charge is 0.355 e. The second-order valence-electron chi connectivity index (χ2n) is 4.24. The van der Waals surface area contributed by atoms with E-state index < -0.39 is 12.0 Å². The van der Waals surface area contributed by atoms with Crippen molar-refractivity contribution < 1.29 is 19.8 Å². The van der Waals surface area contributed by atoms with Crippen LogP contribution in [0.1, 0.15) is 38.8 Å². The van der Waals surface area contributed by atoms with Gasteiger partial charge in [-0.05, 0) is 41.1 Å². The number of halogens is 1. The number of aromatic carboxylic acids is 1. The van der Waals surface area contributed by atoms with E-state index in [1.807, 2.05) is 0 Å². The summed E-state index contributed by atoms with van der Waals surface area (Å²) in [5.74, 6) is -1.51. The van der Waals surface area contributed by atoms with Gasteiger partial charge in [-0.1, -0.05) is 0 Å². The first-order chi connectivity index (χ1) is 9.88. The zero-order valence-electron chi connectivity index (χ0n) is 10.8. The molecule has 1 atom stereocenters. The molecule has 1 aromatic heterocycles. The van der Waals surface area contributed by atoms with Crippen molar-refractivity contribution in [3.8, 4) is 5.75 Å². The van der Waals surface area contributed by atoms with Gasteiger partial charge in [-0.3, -0.25) is 4.79 Å². The van der Waals surface area contributed by atoms with Crippen molar-refractivity contribution in [3.05, 3.63) is 44.3 Å². The first-order valence-corrected chi connectivity index (χ1v) is 7.54. The number of phenolic OH excluding ortho intramolecular Hbond substituents is 1. The lowest BCUT2D eigenvalue weighted by Crippen LogP contribution is -2.26. The van der Waals surface area contributed by atoms with E-state index in [4.69, 9.17) is 5.11 Å². The third-order valence-corrected chi connectivity index (χ3v) is 4.37. The average Bonchev–Trinajstić information content (AvgIpc) is 2.91. The van der Waals surface area contributed by atoms with Gasteiger partial charge >= 0.3 is 5.97 Å². The van der Waals surface area contributed by atoms with Gasteiger partial charge in [0.1, 0.15) is 10.8 Å². The largest absolute Gasteiger partial charge is 0.507 e. The summed E-state index contributed by atoms with van der Waals surface area (Å²) in [6.45, 7) is 1.71. The molecule has 8 heteroatoms. The van der Waals surface area contributed by atoms with Gasteiger partial charge < -0.3 is 15.5 Å². The van der Waals surface area contributed by atoms with Crippen LogP contribution in [0.15, 0.2) is 28.1 Å². The number of rotatable bonds is 4. The maximum atomic E-state index is 12.1. The van der Waals surface area contributed by atoms with Crippen molar-refractivity contribution in [2.45, 2.75) is 13.0 Å². The number of thiazole rings is 1. The molecule has 0 aliphatic carbocycles. The van der Waals surface area contributed by atoms with E-state index in [1.54, 1.807) is 19.1 Å². The van der Waals surface area contributed by atoms with Gasteiger partial charge in [-0.15, -0.1) is 11.3 Å². The maximum absolute atomic E-state index is 12.1. The van der Waals surface area contributed by atoms with Gasteiger partial charge in [0, 0.05) is 10.9 Å². The van der Waals surface area contributed by atoms with Crippen LogP contribution in [0.3, 0.4) is 0 Å². The quantitative estimate of drug-likeness (QED) is 0.768. The molecule has 1 amide bonds. The SMILES string of the molecule is CC(NC(=O)c1ccc(Br)c(O)c1)c1nc(C(=O)O)cs1. The summed E-state index contributed by atoms with van der Waals surface area (Å²) in [6.07, 6.45) is 0. The monoisotopic (exact) mass is 370 g/mol. The van der Waals surface area contributed by atoms with Crippen LogP contribution < -0.4 is 5.32 Å². The molecule has 2 aromatic rings. The van der Waals surface area contributed by atoms with Crippen LogP contribution in [-0.4, -0.2) is 27.1 Å². The molecule has 0 aliphatic rings. The molecule has 0 bridgehead atoms. The molecule has 2 rings (SSSR count). The fourth-order valence-electron chi connectivity index (χ4n) is 1.58. The Morgan fingerprint density at radius 3 is 2.71 bits per heavy atom. The Balaban J connectivity index is 2.10. The molecule has 0 fully saturated rings. The van der Waals surface area contributed by atoms with Gasteiger partial charge in [0.15, 0.2) is 5.69 Å². The Kier molecular flexibility index (Phi) is 4.59. The van der Waals surface area contributed by atoms with E-state index >= 15 is 0 Å². The first-order valence-electron chi connectivity index (χ1n) is 5.86. The van der Waals surface area contributed by atoms with Crippen LogP contribution in [0.5, 0.6) is 5.75 Å². The topological polar surface area (TPSA) is 99.5 Å². The second kappa shape index (κ2) is 6.23. The Hall–Kier alpha value is -1.93. The number of hydrogen-bond donors (Lipinski definition) is 3. The zero-order chi connectivity index (χ0) is 15.6. The van der Waals surface area contributed by atoms with Crippen molar-refractivity contribution in [1.82, 2.24) is 10.3 Å². The van der Waals surface area contributed by atoms with Crippen LogP contribution in [-0.2, 0) is 0 Å². The fraction of sp³-hybridized carbons (Fsp3) is 0.154. The predicted octanol–water partition coefficient (Wildman–Crippen LogP) is 2.80. The maximum Gasteiger partial charge on any atom is 0.355 e. The van der Waals surface area contributed by atoms with Crippen molar-refractivity contribution in [1.29, 1.82) is 0 Å². The molecular weight excluding hydrogens is 360 g/mol. The third kappa shape index (κ3) is 3.59. The third-order valence-electron chi connectivity index (χ3n) is 2.67. The van der Waals surface area contributed by atoms with Crippen molar-refractivity contribution in [2.75, 3.05) is 0 Å². The first kappa shape index (κ1) is 15.5. The highest BCUT2D eigenvalue weighted by Gasteiger charge is 2.17. The lowest BCUT2D eigenvalue weighted by molar-refractivity contribution is 0.0691. The van der Waals surface area contributed by atoms with E-state index in [2.05, 4.69) is 26.2 Å². The summed E-state index contributed by atoms with van der Waals surface area (Å²) in [5.41, 5.74) is 0.259. The van der Waals surface area contributed by atoms with Crippen LogP contribution in [0.2, 0.25) is 0 Å². The highest BCUT2D eigenvalue weighted by atomic mass is 79.9. The second-order valence-corrected chi connectivity index (χ2v) is 5.98. The van der Waals surface area contributed by atoms with Gasteiger partial charge in [0.05, 0.1) is 10.5 Å². The normalized spacial score (nSPS) is 11.9. The number of aromatic nitrogens is 1. The van der Waals surface area contributed by atoms with E-state index in [0.717, 1.165) is 0 Å². The van der Waals surface area contributed by atoms with E-state index in [9.17, 15) is 14.7 Å². The summed E-state index contributed by atoms with van der Waals surface area (Å²) in [7, 11) is 0. The number of carboxylic acid groups (broad SMARTS) is 1. The number of carbonyl (C=O) groups is 2. The zero-order valence-corrected chi connectivity index (χ0v) is 13.2. The van der Waals surface area contributed by atoms with Gasteiger partial charge in [0.25, 0.3) is 5.91 Å². The summed E-state index contributed by atoms with van der Waals surface area (Å²) in [6, 6.07) is 4.05. The average molecular weight is 371 g/mol. The number of nitrogens with one attached hydrogen (secondary N) is 1. The molecule has 6 nitrogen and oxygen atoms in total. The molecule has 3 N–H and O–H groups in total. The number of amides is 1. The summed E-state index contributed by atoms with van der Waals surface area (Å²) >= 11 is 4.30.